The minimum absolute atomic E-state index is 0.0853. The Morgan fingerprint density at radius 2 is 2.00 bits per heavy atom. The van der Waals surface area contributed by atoms with Gasteiger partial charge in [-0.3, -0.25) is 4.79 Å². The van der Waals surface area contributed by atoms with E-state index < -0.39 is 10.0 Å². The van der Waals surface area contributed by atoms with Crippen molar-refractivity contribution >= 4 is 27.3 Å². The van der Waals surface area contributed by atoms with Gasteiger partial charge in [0.15, 0.2) is 0 Å². The summed E-state index contributed by atoms with van der Waals surface area (Å²) < 4.78 is 27.5. The molecular weight excluding hydrogens is 320 g/mol. The van der Waals surface area contributed by atoms with Crippen molar-refractivity contribution in [3.8, 4) is 0 Å². The molecule has 22 heavy (non-hydrogen) atoms. The average molecular weight is 345 g/mol. The predicted molar refractivity (Wildman–Crippen MR) is 88.3 cm³/mol. The zero-order chi connectivity index (χ0) is 16.2. The van der Waals surface area contributed by atoms with Gasteiger partial charge in [0.25, 0.3) is 0 Å². The molecule has 124 valence electrons. The van der Waals surface area contributed by atoms with E-state index in [9.17, 15) is 13.2 Å². The molecule has 0 atom stereocenters. The highest BCUT2D eigenvalue weighted by atomic mass is 32.2. The van der Waals surface area contributed by atoms with Gasteiger partial charge in [-0.1, -0.05) is 19.9 Å². The van der Waals surface area contributed by atoms with E-state index in [2.05, 4.69) is 4.72 Å². The summed E-state index contributed by atoms with van der Waals surface area (Å²) in [5, 5.41) is 1.76. The van der Waals surface area contributed by atoms with E-state index in [1.165, 1.54) is 11.3 Å². The molecule has 0 radical (unpaired) electrons. The molecule has 0 unspecified atom stereocenters. The van der Waals surface area contributed by atoms with Crippen molar-refractivity contribution in [2.24, 2.45) is 5.92 Å². The number of hydrogen-bond acceptors (Lipinski definition) is 4. The second-order valence-electron chi connectivity index (χ2n) is 5.67. The van der Waals surface area contributed by atoms with Crippen LogP contribution in [0.5, 0.6) is 0 Å². The molecule has 1 aromatic heterocycles. The lowest BCUT2D eigenvalue weighted by atomic mass is 9.99. The molecule has 1 aromatic rings. The van der Waals surface area contributed by atoms with Crippen molar-refractivity contribution in [1.82, 2.24) is 9.62 Å². The molecule has 0 aromatic carbocycles. The second kappa shape index (κ2) is 7.57. The average Bonchev–Trinajstić information content (AvgIpc) is 3.04. The Bertz CT molecular complexity index is 572. The molecule has 7 heteroatoms. The van der Waals surface area contributed by atoms with Crippen LogP contribution >= 0.6 is 11.3 Å². The first kappa shape index (κ1) is 17.4. The molecule has 1 aliphatic rings. The Morgan fingerprint density at radius 1 is 1.36 bits per heavy atom. The van der Waals surface area contributed by atoms with Crippen LogP contribution in [0.15, 0.2) is 21.7 Å². The number of carbonyl (C=O) groups excluding carboxylic acids is 1. The van der Waals surface area contributed by atoms with Crippen LogP contribution in [-0.2, 0) is 14.8 Å². The lowest BCUT2D eigenvalue weighted by Crippen LogP contribution is -2.47. The number of amides is 1. The topological polar surface area (TPSA) is 66.5 Å². The summed E-state index contributed by atoms with van der Waals surface area (Å²) in [6, 6.07) is 3.26. The molecule has 2 heterocycles. The van der Waals surface area contributed by atoms with Crippen molar-refractivity contribution in [1.29, 1.82) is 0 Å². The van der Waals surface area contributed by atoms with Gasteiger partial charge < -0.3 is 4.90 Å². The Kier molecular flexibility index (Phi) is 6.00. The Labute approximate surface area is 136 Å². The minimum Gasteiger partial charge on any atom is -0.342 e. The van der Waals surface area contributed by atoms with E-state index in [1.807, 2.05) is 18.7 Å². The highest BCUT2D eigenvalue weighted by Gasteiger charge is 2.29. The van der Waals surface area contributed by atoms with E-state index in [1.54, 1.807) is 17.5 Å². The number of nitrogens with one attached hydrogen (secondary N) is 1. The number of piperidine rings is 1. The van der Waals surface area contributed by atoms with Crippen molar-refractivity contribution in [2.75, 3.05) is 13.1 Å². The summed E-state index contributed by atoms with van der Waals surface area (Å²) in [4.78, 5) is 14.2. The molecule has 0 saturated carbocycles. The third-order valence-corrected chi connectivity index (χ3v) is 7.14. The van der Waals surface area contributed by atoms with Crippen molar-refractivity contribution in [3.05, 3.63) is 17.5 Å². The summed E-state index contributed by atoms with van der Waals surface area (Å²) in [5.74, 6) is 0.309. The molecule has 1 saturated heterocycles. The Morgan fingerprint density at radius 3 is 2.50 bits per heavy atom. The molecule has 2 rings (SSSR count). The summed E-state index contributed by atoms with van der Waals surface area (Å²) in [7, 11) is -3.41. The van der Waals surface area contributed by atoms with Crippen molar-refractivity contribution in [2.45, 2.75) is 49.8 Å². The van der Waals surface area contributed by atoms with Crippen LogP contribution in [0.25, 0.3) is 0 Å². The molecule has 0 bridgehead atoms. The minimum atomic E-state index is -3.41. The van der Waals surface area contributed by atoms with Crippen LogP contribution in [0.1, 0.15) is 39.5 Å². The first-order chi connectivity index (χ1) is 10.5. The van der Waals surface area contributed by atoms with Gasteiger partial charge in [-0.2, -0.15) is 0 Å². The van der Waals surface area contributed by atoms with E-state index in [-0.39, 0.29) is 17.9 Å². The molecule has 1 amide bonds. The SMILES string of the molecule is CCC(CC)C(=O)N1CCC(NS(=O)(=O)c2cccs2)CC1. The van der Waals surface area contributed by atoms with Gasteiger partial charge in [0.1, 0.15) is 4.21 Å². The van der Waals surface area contributed by atoms with E-state index in [0.717, 1.165) is 12.8 Å². The molecule has 5 nitrogen and oxygen atoms in total. The number of likely N-dealkylation sites (tertiary alicyclic amines) is 1. The zero-order valence-corrected chi connectivity index (χ0v) is 14.8. The van der Waals surface area contributed by atoms with E-state index in [0.29, 0.717) is 30.1 Å². The number of sulfonamides is 1. The predicted octanol–water partition coefficient (Wildman–Crippen LogP) is 2.45. The largest absolute Gasteiger partial charge is 0.342 e. The maximum Gasteiger partial charge on any atom is 0.250 e. The van der Waals surface area contributed by atoms with Crippen molar-refractivity contribution < 1.29 is 13.2 Å². The number of nitrogens with zero attached hydrogens (tertiary/aromatic N) is 1. The van der Waals surface area contributed by atoms with Gasteiger partial charge in [0, 0.05) is 25.0 Å². The fourth-order valence-corrected chi connectivity index (χ4v) is 5.12. The van der Waals surface area contributed by atoms with Gasteiger partial charge in [0.05, 0.1) is 0 Å². The number of rotatable bonds is 6. The van der Waals surface area contributed by atoms with Gasteiger partial charge in [0.2, 0.25) is 15.9 Å². The number of hydrogen-bond donors (Lipinski definition) is 1. The fourth-order valence-electron chi connectivity index (χ4n) is 2.81. The highest BCUT2D eigenvalue weighted by molar-refractivity contribution is 7.91. The van der Waals surface area contributed by atoms with Crippen molar-refractivity contribution in [3.63, 3.8) is 0 Å². The fraction of sp³-hybridized carbons (Fsp3) is 0.667. The lowest BCUT2D eigenvalue weighted by Gasteiger charge is -2.34. The lowest BCUT2D eigenvalue weighted by molar-refractivity contribution is -0.136. The van der Waals surface area contributed by atoms with Crippen LogP contribution in [0.2, 0.25) is 0 Å². The molecular formula is C15H24N2O3S2. The normalized spacial score (nSPS) is 17.1. The van der Waals surface area contributed by atoms with Gasteiger partial charge in [-0.05, 0) is 37.1 Å². The van der Waals surface area contributed by atoms with Crippen LogP contribution in [0.3, 0.4) is 0 Å². The highest BCUT2D eigenvalue weighted by Crippen LogP contribution is 2.20. The van der Waals surface area contributed by atoms with Crippen LogP contribution in [0.4, 0.5) is 0 Å². The third kappa shape index (κ3) is 4.08. The molecule has 1 fully saturated rings. The summed E-state index contributed by atoms with van der Waals surface area (Å²) >= 11 is 1.22. The zero-order valence-electron chi connectivity index (χ0n) is 13.1. The van der Waals surface area contributed by atoms with E-state index in [4.69, 9.17) is 0 Å². The summed E-state index contributed by atoms with van der Waals surface area (Å²) in [6.45, 7) is 5.34. The van der Waals surface area contributed by atoms with Gasteiger partial charge >= 0.3 is 0 Å². The first-order valence-electron chi connectivity index (χ1n) is 7.82. The molecule has 0 aliphatic carbocycles. The quantitative estimate of drug-likeness (QED) is 0.862. The van der Waals surface area contributed by atoms with Crippen LogP contribution in [0, 0.1) is 5.92 Å². The standard InChI is InChI=1S/C15H24N2O3S2/c1-3-12(4-2)15(18)17-9-7-13(8-10-17)16-22(19,20)14-6-5-11-21-14/h5-6,11-13,16H,3-4,7-10H2,1-2H3. The summed E-state index contributed by atoms with van der Waals surface area (Å²) in [5.41, 5.74) is 0. The Hall–Kier alpha value is -0.920. The maximum absolute atomic E-state index is 12.3. The number of thiophene rings is 1. The maximum atomic E-state index is 12.3. The van der Waals surface area contributed by atoms with E-state index >= 15 is 0 Å². The third-order valence-electron chi connectivity index (χ3n) is 4.22. The van der Waals surface area contributed by atoms with Gasteiger partial charge in [-0.15, -0.1) is 11.3 Å². The van der Waals surface area contributed by atoms with Crippen LogP contribution < -0.4 is 4.72 Å². The number of carbonyl (C=O) groups is 1. The van der Waals surface area contributed by atoms with Gasteiger partial charge in [-0.25, -0.2) is 13.1 Å². The molecule has 1 aliphatic heterocycles. The molecule has 0 spiro atoms. The summed E-state index contributed by atoms with van der Waals surface area (Å²) in [6.07, 6.45) is 3.08. The van der Waals surface area contributed by atoms with Crippen LogP contribution in [-0.4, -0.2) is 38.4 Å². The second-order valence-corrected chi connectivity index (χ2v) is 8.55. The molecule has 1 N–H and O–H groups in total. The first-order valence-corrected chi connectivity index (χ1v) is 10.2. The Balaban J connectivity index is 1.89. The smallest absolute Gasteiger partial charge is 0.250 e. The monoisotopic (exact) mass is 344 g/mol.